The molecule has 3 aromatic rings. The van der Waals surface area contributed by atoms with Gasteiger partial charge in [0.25, 0.3) is 0 Å². The van der Waals surface area contributed by atoms with E-state index in [1.807, 2.05) is 37.3 Å². The summed E-state index contributed by atoms with van der Waals surface area (Å²) in [5.41, 5.74) is 1.73. The zero-order valence-electron chi connectivity index (χ0n) is 14.9. The van der Waals surface area contributed by atoms with Crippen molar-refractivity contribution in [2.75, 3.05) is 6.79 Å². The first-order valence-electron chi connectivity index (χ1n) is 8.24. The molecule has 3 rings (SSSR count). The number of para-hydroxylation sites is 2. The van der Waals surface area contributed by atoms with Crippen LogP contribution in [0.15, 0.2) is 60.7 Å². The van der Waals surface area contributed by atoms with Crippen LogP contribution in [0.4, 0.5) is 0 Å². The number of esters is 2. The molecule has 138 valence electrons. The Labute approximate surface area is 156 Å². The Morgan fingerprint density at radius 1 is 1.04 bits per heavy atom. The molecule has 0 saturated heterocycles. The molecule has 0 bridgehead atoms. The van der Waals surface area contributed by atoms with Crippen LogP contribution in [0.3, 0.4) is 0 Å². The molecule has 7 nitrogen and oxygen atoms in total. The molecule has 0 spiro atoms. The first kappa shape index (κ1) is 18.2. The van der Waals surface area contributed by atoms with Gasteiger partial charge in [-0.15, -0.1) is 0 Å². The van der Waals surface area contributed by atoms with Gasteiger partial charge in [-0.3, -0.25) is 4.79 Å². The molecule has 0 aliphatic heterocycles. The van der Waals surface area contributed by atoms with Crippen LogP contribution >= 0.6 is 0 Å². The van der Waals surface area contributed by atoms with E-state index in [4.69, 9.17) is 14.2 Å². The van der Waals surface area contributed by atoms with Crippen LogP contribution < -0.4 is 9.47 Å². The molecular weight excluding hydrogens is 348 g/mol. The summed E-state index contributed by atoms with van der Waals surface area (Å²) in [5, 5.41) is 4.38. The SMILES string of the molecule is CC(=O)Oc1ccccc1C(=O)OCOc1cc(C)nn1-c1ccccc1. The van der Waals surface area contributed by atoms with Gasteiger partial charge in [0.05, 0.1) is 11.4 Å². The molecule has 1 heterocycles. The summed E-state index contributed by atoms with van der Waals surface area (Å²) in [6.07, 6.45) is 0. The van der Waals surface area contributed by atoms with Crippen molar-refractivity contribution < 1.29 is 23.8 Å². The van der Waals surface area contributed by atoms with Crippen molar-refractivity contribution in [2.24, 2.45) is 0 Å². The highest BCUT2D eigenvalue weighted by Crippen LogP contribution is 2.21. The van der Waals surface area contributed by atoms with E-state index in [0.29, 0.717) is 5.88 Å². The van der Waals surface area contributed by atoms with Gasteiger partial charge in [-0.1, -0.05) is 30.3 Å². The maximum atomic E-state index is 12.3. The minimum absolute atomic E-state index is 0.139. The van der Waals surface area contributed by atoms with Crippen molar-refractivity contribution in [2.45, 2.75) is 13.8 Å². The van der Waals surface area contributed by atoms with Crippen molar-refractivity contribution in [3.8, 4) is 17.3 Å². The van der Waals surface area contributed by atoms with Crippen LogP contribution in [0.1, 0.15) is 23.0 Å². The van der Waals surface area contributed by atoms with E-state index in [2.05, 4.69) is 5.10 Å². The minimum atomic E-state index is -0.658. The molecule has 0 amide bonds. The summed E-state index contributed by atoms with van der Waals surface area (Å²) in [6.45, 7) is 2.79. The lowest BCUT2D eigenvalue weighted by Gasteiger charge is -2.11. The van der Waals surface area contributed by atoms with Crippen LogP contribution in [0.2, 0.25) is 0 Å². The summed E-state index contributed by atoms with van der Waals surface area (Å²) in [5.74, 6) is -0.594. The second kappa shape index (κ2) is 8.18. The zero-order chi connectivity index (χ0) is 19.2. The molecule has 1 aromatic heterocycles. The lowest BCUT2D eigenvalue weighted by atomic mass is 10.2. The van der Waals surface area contributed by atoms with E-state index in [0.717, 1.165) is 11.4 Å². The van der Waals surface area contributed by atoms with Gasteiger partial charge < -0.3 is 14.2 Å². The Balaban J connectivity index is 1.68. The molecule has 0 radical (unpaired) electrons. The van der Waals surface area contributed by atoms with E-state index in [1.165, 1.54) is 19.1 Å². The first-order chi connectivity index (χ1) is 13.0. The van der Waals surface area contributed by atoms with E-state index >= 15 is 0 Å². The van der Waals surface area contributed by atoms with Gasteiger partial charge in [0.1, 0.15) is 11.3 Å². The molecule has 0 aliphatic rings. The maximum absolute atomic E-state index is 12.3. The van der Waals surface area contributed by atoms with Gasteiger partial charge in [-0.2, -0.15) is 5.10 Å². The predicted molar refractivity (Wildman–Crippen MR) is 97.0 cm³/mol. The van der Waals surface area contributed by atoms with Crippen LogP contribution in [0, 0.1) is 6.92 Å². The van der Waals surface area contributed by atoms with Gasteiger partial charge in [0.2, 0.25) is 12.7 Å². The second-order valence-corrected chi connectivity index (χ2v) is 5.66. The Hall–Kier alpha value is -3.61. The van der Waals surface area contributed by atoms with Crippen molar-refractivity contribution in [3.63, 3.8) is 0 Å². The largest absolute Gasteiger partial charge is 0.440 e. The Bertz CT molecular complexity index is 950. The van der Waals surface area contributed by atoms with Gasteiger partial charge >= 0.3 is 11.9 Å². The topological polar surface area (TPSA) is 79.7 Å². The number of benzene rings is 2. The Kier molecular flexibility index (Phi) is 5.51. The third kappa shape index (κ3) is 4.52. The highest BCUT2D eigenvalue weighted by Gasteiger charge is 2.16. The lowest BCUT2D eigenvalue weighted by molar-refractivity contribution is -0.131. The third-order valence-electron chi connectivity index (χ3n) is 3.56. The average Bonchev–Trinajstić information content (AvgIpc) is 3.03. The summed E-state index contributed by atoms with van der Waals surface area (Å²) in [6, 6.07) is 17.6. The molecule has 0 fully saturated rings. The third-order valence-corrected chi connectivity index (χ3v) is 3.56. The van der Waals surface area contributed by atoms with Crippen LogP contribution in [-0.2, 0) is 9.53 Å². The van der Waals surface area contributed by atoms with Gasteiger partial charge in [-0.05, 0) is 31.2 Å². The van der Waals surface area contributed by atoms with Crippen molar-refractivity contribution in [1.82, 2.24) is 9.78 Å². The lowest BCUT2D eigenvalue weighted by Crippen LogP contribution is -2.14. The minimum Gasteiger partial charge on any atom is -0.440 e. The summed E-state index contributed by atoms with van der Waals surface area (Å²) >= 11 is 0. The number of carbonyl (C=O) groups is 2. The summed E-state index contributed by atoms with van der Waals surface area (Å²) in [4.78, 5) is 23.4. The van der Waals surface area contributed by atoms with Crippen molar-refractivity contribution >= 4 is 11.9 Å². The van der Waals surface area contributed by atoms with Crippen LogP contribution in [0.25, 0.3) is 5.69 Å². The summed E-state index contributed by atoms with van der Waals surface area (Å²) < 4.78 is 17.4. The van der Waals surface area contributed by atoms with E-state index in [1.54, 1.807) is 22.9 Å². The zero-order valence-corrected chi connectivity index (χ0v) is 14.9. The van der Waals surface area contributed by atoms with Gasteiger partial charge in [-0.25, -0.2) is 9.48 Å². The monoisotopic (exact) mass is 366 g/mol. The number of aryl methyl sites for hydroxylation is 1. The molecule has 27 heavy (non-hydrogen) atoms. The highest BCUT2D eigenvalue weighted by atomic mass is 16.7. The second-order valence-electron chi connectivity index (χ2n) is 5.66. The average molecular weight is 366 g/mol. The number of carbonyl (C=O) groups excluding carboxylic acids is 2. The Morgan fingerprint density at radius 2 is 1.74 bits per heavy atom. The van der Waals surface area contributed by atoms with E-state index in [-0.39, 0.29) is 18.1 Å². The molecule has 2 aromatic carbocycles. The first-order valence-corrected chi connectivity index (χ1v) is 8.24. The fourth-order valence-corrected chi connectivity index (χ4v) is 2.43. The van der Waals surface area contributed by atoms with Crippen molar-refractivity contribution in [1.29, 1.82) is 0 Å². The number of nitrogens with zero attached hydrogens (tertiary/aromatic N) is 2. The van der Waals surface area contributed by atoms with Crippen LogP contribution in [0.5, 0.6) is 11.6 Å². The van der Waals surface area contributed by atoms with Gasteiger partial charge in [0, 0.05) is 13.0 Å². The summed E-state index contributed by atoms with van der Waals surface area (Å²) in [7, 11) is 0. The van der Waals surface area contributed by atoms with E-state index in [9.17, 15) is 9.59 Å². The standard InChI is InChI=1S/C20H18N2O5/c1-14-12-19(22(21-14)16-8-4-3-5-9-16)25-13-26-20(24)17-10-6-7-11-18(17)27-15(2)23/h3-12H,13H2,1-2H3. The normalized spacial score (nSPS) is 10.3. The van der Waals surface area contributed by atoms with E-state index < -0.39 is 11.9 Å². The molecule has 0 unspecified atom stereocenters. The quantitative estimate of drug-likeness (QED) is 0.378. The number of hydrogen-bond donors (Lipinski definition) is 0. The predicted octanol–water partition coefficient (Wildman–Crippen LogP) is 3.30. The van der Waals surface area contributed by atoms with Gasteiger partial charge in [0.15, 0.2) is 0 Å². The molecule has 7 heteroatoms. The smallest absolute Gasteiger partial charge is 0.344 e. The number of hydrogen-bond acceptors (Lipinski definition) is 6. The molecule has 0 atom stereocenters. The fourth-order valence-electron chi connectivity index (χ4n) is 2.43. The number of aromatic nitrogens is 2. The Morgan fingerprint density at radius 3 is 2.48 bits per heavy atom. The molecule has 0 N–H and O–H groups in total. The highest BCUT2D eigenvalue weighted by molar-refractivity contribution is 5.93. The van der Waals surface area contributed by atoms with Crippen LogP contribution in [-0.4, -0.2) is 28.5 Å². The number of rotatable bonds is 6. The molecule has 0 aliphatic carbocycles. The molecule has 0 saturated carbocycles. The molecular formula is C20H18N2O5. The fraction of sp³-hybridized carbons (Fsp3) is 0.150. The maximum Gasteiger partial charge on any atom is 0.344 e. The van der Waals surface area contributed by atoms with Crippen molar-refractivity contribution in [3.05, 3.63) is 71.9 Å². The number of ether oxygens (including phenoxy) is 3.